The topological polar surface area (TPSA) is 97.3 Å². The molecule has 0 bridgehead atoms. The van der Waals surface area contributed by atoms with Gasteiger partial charge in [-0.2, -0.15) is 0 Å². The van der Waals surface area contributed by atoms with Crippen LogP contribution in [-0.2, 0) is 14.4 Å². The number of nitrogens with zero attached hydrogens (tertiary/aromatic N) is 2. The molecule has 0 radical (unpaired) electrons. The lowest BCUT2D eigenvalue weighted by atomic mass is 9.46. The van der Waals surface area contributed by atoms with Gasteiger partial charge in [0.05, 0.1) is 11.8 Å². The molecule has 8 nitrogen and oxygen atoms in total. The van der Waals surface area contributed by atoms with Gasteiger partial charge in [-0.15, -0.1) is 0 Å². The molecule has 222 valence electrons. The summed E-state index contributed by atoms with van der Waals surface area (Å²) >= 11 is 0. The zero-order valence-electron chi connectivity index (χ0n) is 25.4. The lowest BCUT2D eigenvalue weighted by molar-refractivity contribution is -0.117. The molecule has 5 rings (SSSR count). The molecule has 0 aromatic rings. The number of carbonyl (C=O) groups is 3. The van der Waals surface area contributed by atoms with Crippen molar-refractivity contribution in [2.45, 2.75) is 117 Å². The first-order valence-electron chi connectivity index (χ1n) is 15.5. The number of fused-ring (bicyclic) bond motifs is 5. The molecule has 1 saturated heterocycles. The molecule has 1 N–H and O–H groups in total. The SMILES string of the molecule is C/C(=N\OC(=O)N1CCC[C@H]1CNC(=O)OC(C)(C)C)[C@H]1CCC2[C@@H]3CCC4=CC(=O)CC[C@]4(C)[C@H]3CC[C@@]21C. The number of allylic oxidation sites excluding steroid dienone is 1. The summed E-state index contributed by atoms with van der Waals surface area (Å²) in [6.45, 7) is 13.3. The van der Waals surface area contributed by atoms with Crippen LogP contribution in [0.25, 0.3) is 0 Å². The molecule has 1 aliphatic heterocycles. The van der Waals surface area contributed by atoms with Gasteiger partial charge in [0, 0.05) is 25.4 Å². The van der Waals surface area contributed by atoms with Gasteiger partial charge in [-0.1, -0.05) is 24.6 Å². The average molecular weight is 556 g/mol. The Morgan fingerprint density at radius 1 is 1.07 bits per heavy atom. The van der Waals surface area contributed by atoms with E-state index in [0.29, 0.717) is 49.0 Å². The third kappa shape index (κ3) is 5.44. The maximum atomic E-state index is 13.0. The number of alkyl carbamates (subject to hydrolysis) is 1. The zero-order chi connectivity index (χ0) is 28.9. The van der Waals surface area contributed by atoms with Gasteiger partial charge in [-0.3, -0.25) is 9.63 Å². The maximum absolute atomic E-state index is 13.0. The number of oxime groups is 1. The number of rotatable bonds is 4. The number of carbonyl (C=O) groups excluding carboxylic acids is 3. The summed E-state index contributed by atoms with van der Waals surface area (Å²) in [5.74, 6) is 2.63. The van der Waals surface area contributed by atoms with E-state index in [9.17, 15) is 14.4 Å². The van der Waals surface area contributed by atoms with Gasteiger partial charge in [-0.25, -0.2) is 9.59 Å². The molecule has 2 amide bonds. The Kier molecular flexibility index (Phi) is 7.86. The van der Waals surface area contributed by atoms with Gasteiger partial charge in [-0.05, 0) is 120 Å². The molecule has 3 saturated carbocycles. The second-order valence-electron chi connectivity index (χ2n) is 14.6. The van der Waals surface area contributed by atoms with Crippen molar-refractivity contribution in [3.63, 3.8) is 0 Å². The van der Waals surface area contributed by atoms with Gasteiger partial charge in [0.15, 0.2) is 5.78 Å². The highest BCUT2D eigenvalue weighted by Gasteiger charge is 2.59. The number of hydrogen-bond acceptors (Lipinski definition) is 6. The monoisotopic (exact) mass is 555 g/mol. The Bertz CT molecular complexity index is 1090. The van der Waals surface area contributed by atoms with Crippen LogP contribution in [-0.4, -0.2) is 53.3 Å². The Morgan fingerprint density at radius 2 is 1.85 bits per heavy atom. The Hall–Kier alpha value is -2.38. The van der Waals surface area contributed by atoms with Crippen LogP contribution in [0.3, 0.4) is 0 Å². The smallest absolute Gasteiger partial charge is 0.436 e. The molecule has 4 aliphatic carbocycles. The van der Waals surface area contributed by atoms with E-state index in [-0.39, 0.29) is 16.9 Å². The number of ketones is 1. The predicted octanol–water partition coefficient (Wildman–Crippen LogP) is 6.64. The summed E-state index contributed by atoms with van der Waals surface area (Å²) < 4.78 is 5.33. The van der Waals surface area contributed by atoms with Gasteiger partial charge in [0.1, 0.15) is 5.60 Å². The number of hydrogen-bond donors (Lipinski definition) is 1. The quantitative estimate of drug-likeness (QED) is 0.238. The molecule has 40 heavy (non-hydrogen) atoms. The van der Waals surface area contributed by atoms with E-state index < -0.39 is 17.8 Å². The summed E-state index contributed by atoms with van der Waals surface area (Å²) in [7, 11) is 0. The third-order valence-electron chi connectivity index (χ3n) is 11.2. The van der Waals surface area contributed by atoms with Gasteiger partial charge in [0.2, 0.25) is 0 Å². The standard InChI is InChI=1S/C32H49N3O5/c1-20(34-40-29(38)35-17-7-8-22(35)19-33-28(37)39-30(2,3)4)25-11-12-26-24-10-9-21-18-23(36)13-15-31(21,5)27(24)14-16-32(25,26)6/h18,22,24-27H,7-17,19H2,1-6H3,(H,33,37)/b34-20+/t22-,24-,25+,26?,27-,31-,32+/m0/s1. The van der Waals surface area contributed by atoms with E-state index in [1.165, 1.54) is 24.8 Å². The minimum Gasteiger partial charge on any atom is -0.444 e. The second kappa shape index (κ2) is 10.8. The van der Waals surface area contributed by atoms with Crippen LogP contribution in [0.2, 0.25) is 0 Å². The van der Waals surface area contributed by atoms with Crippen LogP contribution in [0, 0.1) is 34.5 Å². The third-order valence-corrected chi connectivity index (χ3v) is 11.2. The summed E-state index contributed by atoms with van der Waals surface area (Å²) in [5, 5.41) is 7.21. The molecule has 7 atom stereocenters. The predicted molar refractivity (Wildman–Crippen MR) is 154 cm³/mol. The first kappa shape index (κ1) is 29.1. The first-order chi connectivity index (χ1) is 18.8. The molecule has 1 heterocycles. The van der Waals surface area contributed by atoms with Crippen LogP contribution in [0.1, 0.15) is 106 Å². The van der Waals surface area contributed by atoms with Crippen molar-refractivity contribution in [1.29, 1.82) is 0 Å². The van der Waals surface area contributed by atoms with Crippen molar-refractivity contribution >= 4 is 23.7 Å². The second-order valence-corrected chi connectivity index (χ2v) is 14.6. The molecule has 0 aromatic carbocycles. The minimum absolute atomic E-state index is 0.124. The zero-order valence-corrected chi connectivity index (χ0v) is 25.4. The van der Waals surface area contributed by atoms with E-state index in [1.54, 1.807) is 4.90 Å². The van der Waals surface area contributed by atoms with Crippen LogP contribution in [0.15, 0.2) is 16.8 Å². The number of nitrogens with one attached hydrogen (secondary N) is 1. The number of ether oxygens (including phenoxy) is 1. The van der Waals surface area contributed by atoms with Crippen molar-refractivity contribution in [2.24, 2.45) is 39.7 Å². The van der Waals surface area contributed by atoms with Crippen molar-refractivity contribution in [3.8, 4) is 0 Å². The van der Waals surface area contributed by atoms with Crippen molar-refractivity contribution in [3.05, 3.63) is 11.6 Å². The highest BCUT2D eigenvalue weighted by Crippen LogP contribution is 2.66. The Balaban J connectivity index is 1.20. The van der Waals surface area contributed by atoms with Gasteiger partial charge >= 0.3 is 12.2 Å². The van der Waals surface area contributed by atoms with E-state index in [0.717, 1.165) is 44.2 Å². The van der Waals surface area contributed by atoms with Gasteiger partial charge < -0.3 is 15.0 Å². The van der Waals surface area contributed by atoms with E-state index in [4.69, 9.17) is 9.57 Å². The summed E-state index contributed by atoms with van der Waals surface area (Å²) in [5.41, 5.74) is 2.11. The lowest BCUT2D eigenvalue weighted by Gasteiger charge is -2.58. The molecule has 0 spiro atoms. The highest BCUT2D eigenvalue weighted by molar-refractivity contribution is 5.91. The van der Waals surface area contributed by atoms with E-state index in [1.807, 2.05) is 33.8 Å². The van der Waals surface area contributed by atoms with Crippen molar-refractivity contribution in [1.82, 2.24) is 10.2 Å². The number of amides is 2. The normalized spacial score (nSPS) is 37.7. The fourth-order valence-electron chi connectivity index (χ4n) is 9.28. The van der Waals surface area contributed by atoms with Crippen molar-refractivity contribution < 1.29 is 24.0 Å². The summed E-state index contributed by atoms with van der Waals surface area (Å²) in [4.78, 5) is 44.5. The first-order valence-corrected chi connectivity index (χ1v) is 15.5. The summed E-state index contributed by atoms with van der Waals surface area (Å²) in [6, 6.07) is -0.124. The molecular formula is C32H49N3O5. The van der Waals surface area contributed by atoms with Crippen LogP contribution >= 0.6 is 0 Å². The minimum atomic E-state index is -0.564. The van der Waals surface area contributed by atoms with Crippen LogP contribution in [0.5, 0.6) is 0 Å². The molecule has 4 fully saturated rings. The van der Waals surface area contributed by atoms with E-state index in [2.05, 4.69) is 24.3 Å². The van der Waals surface area contributed by atoms with Crippen molar-refractivity contribution in [2.75, 3.05) is 13.1 Å². The lowest BCUT2D eigenvalue weighted by Crippen LogP contribution is -2.51. The molecule has 5 aliphatic rings. The van der Waals surface area contributed by atoms with Gasteiger partial charge in [0.25, 0.3) is 0 Å². The van der Waals surface area contributed by atoms with Crippen LogP contribution in [0.4, 0.5) is 9.59 Å². The highest BCUT2D eigenvalue weighted by atomic mass is 16.7. The maximum Gasteiger partial charge on any atom is 0.436 e. The fraction of sp³-hybridized carbons (Fsp3) is 0.812. The Labute approximate surface area is 239 Å². The Morgan fingerprint density at radius 3 is 2.60 bits per heavy atom. The number of likely N-dealkylation sites (tertiary alicyclic amines) is 1. The molecular weight excluding hydrogens is 506 g/mol. The molecule has 8 heteroatoms. The van der Waals surface area contributed by atoms with Crippen LogP contribution < -0.4 is 5.32 Å². The largest absolute Gasteiger partial charge is 0.444 e. The summed E-state index contributed by atoms with van der Waals surface area (Å²) in [6.07, 6.45) is 11.3. The fourth-order valence-corrected chi connectivity index (χ4v) is 9.28. The van der Waals surface area contributed by atoms with E-state index >= 15 is 0 Å². The average Bonchev–Trinajstić information content (AvgIpc) is 3.49. The molecule has 0 aromatic heterocycles. The molecule has 1 unspecified atom stereocenters.